The van der Waals surface area contributed by atoms with Crippen LogP contribution in [0.3, 0.4) is 0 Å². The van der Waals surface area contributed by atoms with E-state index < -0.39 is 5.41 Å². The molecule has 1 nitrogen and oxygen atoms in total. The largest absolute Gasteiger partial charge is 0.310 e. The standard InChI is InChI=1S/C67H51N/c1-65(2)58-23-13-15-25-60(58)67(61-26-16-14-24-59(61)65)57-22-12-11-21-53(57)56-39-32-49(42-64(56)67)48-31-38-54-55-40-37-52(43-63(55)66(3,4)62(54)41-48)68(50-33-27-46(28-34-50)44-17-7-5-8-18-44)51-35-29-47(30-36-51)45-19-9-6-10-20-45/h5-43H,1-4H3. The van der Waals surface area contributed by atoms with Gasteiger partial charge >= 0.3 is 0 Å². The van der Waals surface area contributed by atoms with Gasteiger partial charge in [0.2, 0.25) is 0 Å². The molecular weight excluding hydrogens is 819 g/mol. The second kappa shape index (κ2) is 15.0. The van der Waals surface area contributed by atoms with Crippen molar-refractivity contribution in [2.75, 3.05) is 4.90 Å². The Bertz CT molecular complexity index is 3460. The quantitative estimate of drug-likeness (QED) is 0.161. The summed E-state index contributed by atoms with van der Waals surface area (Å²) in [5, 5.41) is 0. The molecule has 1 spiro atoms. The monoisotopic (exact) mass is 869 g/mol. The highest BCUT2D eigenvalue weighted by molar-refractivity contribution is 5.92. The van der Waals surface area contributed by atoms with Crippen LogP contribution in [0.5, 0.6) is 0 Å². The third-order valence-corrected chi connectivity index (χ3v) is 15.8. The Kier molecular flexibility index (Phi) is 8.89. The van der Waals surface area contributed by atoms with Crippen LogP contribution >= 0.6 is 0 Å². The second-order valence-corrected chi connectivity index (χ2v) is 20.0. The minimum Gasteiger partial charge on any atom is -0.310 e. The predicted molar refractivity (Wildman–Crippen MR) is 284 cm³/mol. The maximum absolute atomic E-state index is 2.53. The third kappa shape index (κ3) is 5.82. The number of anilines is 3. The van der Waals surface area contributed by atoms with Gasteiger partial charge in [0.25, 0.3) is 0 Å². The fraction of sp³-hybridized carbons (Fsp3) is 0.104. The van der Waals surface area contributed by atoms with Crippen molar-refractivity contribution < 1.29 is 0 Å². The van der Waals surface area contributed by atoms with Gasteiger partial charge in [0, 0.05) is 27.9 Å². The fourth-order valence-electron chi connectivity index (χ4n) is 12.4. The van der Waals surface area contributed by atoms with Crippen LogP contribution in [0.15, 0.2) is 237 Å². The van der Waals surface area contributed by atoms with Crippen molar-refractivity contribution in [1.29, 1.82) is 0 Å². The molecule has 10 aromatic rings. The summed E-state index contributed by atoms with van der Waals surface area (Å²) < 4.78 is 0. The van der Waals surface area contributed by atoms with E-state index in [2.05, 4.69) is 269 Å². The lowest BCUT2D eigenvalue weighted by Gasteiger charge is -2.46. The van der Waals surface area contributed by atoms with Crippen LogP contribution in [0, 0.1) is 0 Å². The molecule has 0 radical (unpaired) electrons. The molecule has 0 saturated carbocycles. The van der Waals surface area contributed by atoms with E-state index in [1.807, 2.05) is 0 Å². The first kappa shape index (κ1) is 40.3. The van der Waals surface area contributed by atoms with Crippen molar-refractivity contribution in [1.82, 2.24) is 0 Å². The van der Waals surface area contributed by atoms with Gasteiger partial charge in [-0.05, 0) is 149 Å². The molecule has 0 aliphatic heterocycles. The maximum Gasteiger partial charge on any atom is 0.0719 e. The molecule has 10 aromatic carbocycles. The second-order valence-electron chi connectivity index (χ2n) is 20.0. The van der Waals surface area contributed by atoms with Gasteiger partial charge < -0.3 is 4.90 Å². The maximum atomic E-state index is 2.53. The number of nitrogens with zero attached hydrogens (tertiary/aromatic N) is 1. The van der Waals surface area contributed by atoms with E-state index in [0.29, 0.717) is 0 Å². The summed E-state index contributed by atoms with van der Waals surface area (Å²) in [4.78, 5) is 2.41. The SMILES string of the molecule is CC1(C)c2cc(-c3ccc4c(c3)C3(c5ccccc5-4)c4ccccc4C(C)(C)c4ccccc43)ccc2-c2ccc(N(c3ccc(-c4ccccc4)cc3)c3ccc(-c4ccccc4)cc3)cc21. The summed E-state index contributed by atoms with van der Waals surface area (Å²) in [7, 11) is 0. The highest BCUT2D eigenvalue weighted by Crippen LogP contribution is 2.62. The average molecular weight is 870 g/mol. The van der Waals surface area contributed by atoms with E-state index in [0.717, 1.165) is 17.1 Å². The number of rotatable bonds is 6. The predicted octanol–water partition coefficient (Wildman–Crippen LogP) is 17.5. The molecule has 0 N–H and O–H groups in total. The zero-order valence-corrected chi connectivity index (χ0v) is 39.0. The molecule has 3 aliphatic carbocycles. The highest BCUT2D eigenvalue weighted by atomic mass is 15.1. The van der Waals surface area contributed by atoms with Crippen molar-refractivity contribution in [3.63, 3.8) is 0 Å². The van der Waals surface area contributed by atoms with Crippen LogP contribution in [0.4, 0.5) is 17.1 Å². The Morgan fingerprint density at radius 1 is 0.235 bits per heavy atom. The number of fused-ring (bicyclic) bond motifs is 12. The van der Waals surface area contributed by atoms with E-state index in [1.54, 1.807) is 0 Å². The Hall–Kier alpha value is -8.00. The molecule has 324 valence electrons. The Morgan fingerprint density at radius 3 is 1.10 bits per heavy atom. The van der Waals surface area contributed by atoms with Gasteiger partial charge in [-0.2, -0.15) is 0 Å². The van der Waals surface area contributed by atoms with Crippen molar-refractivity contribution in [2.24, 2.45) is 0 Å². The Balaban J connectivity index is 0.914. The topological polar surface area (TPSA) is 3.24 Å². The normalized spacial score (nSPS) is 14.8. The smallest absolute Gasteiger partial charge is 0.0719 e. The molecule has 0 unspecified atom stereocenters. The van der Waals surface area contributed by atoms with Gasteiger partial charge in [-0.15, -0.1) is 0 Å². The summed E-state index contributed by atoms with van der Waals surface area (Å²) in [5.41, 5.74) is 26.2. The number of hydrogen-bond donors (Lipinski definition) is 0. The lowest BCUT2D eigenvalue weighted by Crippen LogP contribution is -2.40. The van der Waals surface area contributed by atoms with Crippen LogP contribution in [0.25, 0.3) is 55.6 Å². The summed E-state index contributed by atoms with van der Waals surface area (Å²) >= 11 is 0. The third-order valence-electron chi connectivity index (χ3n) is 15.8. The first-order chi connectivity index (χ1) is 33.2. The van der Waals surface area contributed by atoms with Crippen LogP contribution < -0.4 is 4.90 Å². The minimum atomic E-state index is -0.428. The molecule has 0 aromatic heterocycles. The Morgan fingerprint density at radius 2 is 0.574 bits per heavy atom. The first-order valence-corrected chi connectivity index (χ1v) is 24.1. The summed E-state index contributed by atoms with van der Waals surface area (Å²) in [6, 6.07) is 88.5. The van der Waals surface area contributed by atoms with Gasteiger partial charge in [-0.3, -0.25) is 0 Å². The molecule has 0 heterocycles. The van der Waals surface area contributed by atoms with Crippen LogP contribution in [0.1, 0.15) is 72.2 Å². The average Bonchev–Trinajstić information content (AvgIpc) is 3.81. The van der Waals surface area contributed by atoms with E-state index in [-0.39, 0.29) is 10.8 Å². The summed E-state index contributed by atoms with van der Waals surface area (Å²) in [6.07, 6.45) is 0. The Labute approximate surface area is 400 Å². The van der Waals surface area contributed by atoms with E-state index in [4.69, 9.17) is 0 Å². The van der Waals surface area contributed by atoms with Crippen LogP contribution in [0.2, 0.25) is 0 Å². The molecule has 3 aliphatic rings. The van der Waals surface area contributed by atoms with Crippen molar-refractivity contribution in [2.45, 2.75) is 43.9 Å². The molecular formula is C67H51N. The van der Waals surface area contributed by atoms with Gasteiger partial charge in [0.1, 0.15) is 0 Å². The molecule has 68 heavy (non-hydrogen) atoms. The molecule has 0 atom stereocenters. The summed E-state index contributed by atoms with van der Waals surface area (Å²) in [5.74, 6) is 0. The van der Waals surface area contributed by atoms with Crippen LogP contribution in [-0.2, 0) is 16.2 Å². The fourth-order valence-corrected chi connectivity index (χ4v) is 12.4. The lowest BCUT2D eigenvalue weighted by molar-refractivity contribution is 0.563. The lowest BCUT2D eigenvalue weighted by atomic mass is 9.55. The van der Waals surface area contributed by atoms with Crippen molar-refractivity contribution >= 4 is 17.1 Å². The van der Waals surface area contributed by atoms with Gasteiger partial charge in [-0.25, -0.2) is 0 Å². The highest BCUT2D eigenvalue weighted by Gasteiger charge is 2.53. The van der Waals surface area contributed by atoms with Gasteiger partial charge in [-0.1, -0.05) is 216 Å². The molecule has 0 fully saturated rings. The molecule has 1 heteroatoms. The first-order valence-electron chi connectivity index (χ1n) is 24.1. The molecule has 13 rings (SSSR count). The molecule has 0 amide bonds. The van der Waals surface area contributed by atoms with Crippen LogP contribution in [-0.4, -0.2) is 0 Å². The van der Waals surface area contributed by atoms with E-state index >= 15 is 0 Å². The zero-order valence-electron chi connectivity index (χ0n) is 39.0. The van der Waals surface area contributed by atoms with Crippen molar-refractivity contribution in [3.05, 3.63) is 281 Å². The zero-order chi connectivity index (χ0) is 45.8. The van der Waals surface area contributed by atoms with E-state index in [9.17, 15) is 0 Å². The van der Waals surface area contributed by atoms with Crippen molar-refractivity contribution in [3.8, 4) is 55.6 Å². The number of hydrogen-bond acceptors (Lipinski definition) is 1. The van der Waals surface area contributed by atoms with Gasteiger partial charge in [0.05, 0.1) is 5.41 Å². The molecule has 0 saturated heterocycles. The van der Waals surface area contributed by atoms with E-state index in [1.165, 1.54) is 100 Å². The summed E-state index contributed by atoms with van der Waals surface area (Å²) in [6.45, 7) is 9.61. The molecule has 0 bridgehead atoms. The minimum absolute atomic E-state index is 0.134. The number of benzene rings is 10. The van der Waals surface area contributed by atoms with Gasteiger partial charge in [0.15, 0.2) is 0 Å².